The average Bonchev–Trinajstić information content (AvgIpc) is 2.37. The van der Waals surface area contributed by atoms with E-state index in [4.69, 9.17) is 4.74 Å². The van der Waals surface area contributed by atoms with Crippen LogP contribution < -0.4 is 0 Å². The fourth-order valence-corrected chi connectivity index (χ4v) is 1.43. The monoisotopic (exact) mass is 272 g/mol. The number of unbranched alkanes of at least 4 members (excludes halogenated alkanes) is 2. The van der Waals surface area contributed by atoms with Crippen molar-refractivity contribution >= 4 is 5.97 Å². The van der Waals surface area contributed by atoms with E-state index in [0.717, 1.165) is 37.1 Å². The molecule has 2 nitrogen and oxygen atoms in total. The first kappa shape index (κ1) is 15.3. The van der Waals surface area contributed by atoms with Gasteiger partial charge in [-0.15, -0.1) is 6.58 Å². The number of ether oxygens (including phenoxy) is 1. The second kappa shape index (κ2) is 6.97. The van der Waals surface area contributed by atoms with Crippen LogP contribution in [-0.2, 0) is 10.9 Å². The molecular formula is C14H15F3O2. The van der Waals surface area contributed by atoms with Crippen LogP contribution in [0.25, 0.3) is 0 Å². The molecule has 0 saturated carbocycles. The quantitative estimate of drug-likeness (QED) is 0.440. The highest BCUT2D eigenvalue weighted by molar-refractivity contribution is 5.89. The van der Waals surface area contributed by atoms with Crippen LogP contribution in [0.15, 0.2) is 36.9 Å². The summed E-state index contributed by atoms with van der Waals surface area (Å²) >= 11 is 0. The summed E-state index contributed by atoms with van der Waals surface area (Å²) in [6.45, 7) is 3.83. The number of alkyl halides is 3. The highest BCUT2D eigenvalue weighted by atomic mass is 19.4. The molecule has 0 unspecified atom stereocenters. The predicted octanol–water partition coefficient (Wildman–Crippen LogP) is 4.22. The second-order valence-electron chi connectivity index (χ2n) is 4.00. The van der Waals surface area contributed by atoms with E-state index in [9.17, 15) is 18.0 Å². The van der Waals surface area contributed by atoms with Gasteiger partial charge >= 0.3 is 12.1 Å². The maximum absolute atomic E-state index is 12.3. The molecule has 0 bridgehead atoms. The number of carbonyl (C=O) groups excluding carboxylic acids is 1. The topological polar surface area (TPSA) is 26.3 Å². The summed E-state index contributed by atoms with van der Waals surface area (Å²) < 4.78 is 41.9. The van der Waals surface area contributed by atoms with Gasteiger partial charge in [0.2, 0.25) is 0 Å². The van der Waals surface area contributed by atoms with Gasteiger partial charge in [-0.3, -0.25) is 0 Å². The minimum absolute atomic E-state index is 0.122. The summed E-state index contributed by atoms with van der Waals surface area (Å²) in [5.74, 6) is -0.604. The van der Waals surface area contributed by atoms with Gasteiger partial charge in [-0.1, -0.05) is 6.08 Å². The van der Waals surface area contributed by atoms with Gasteiger partial charge in [0.25, 0.3) is 0 Å². The lowest BCUT2D eigenvalue weighted by atomic mass is 10.1. The Morgan fingerprint density at radius 1 is 1.21 bits per heavy atom. The molecule has 0 aromatic heterocycles. The first-order valence-electron chi connectivity index (χ1n) is 5.90. The Kier molecular flexibility index (Phi) is 5.60. The van der Waals surface area contributed by atoms with Gasteiger partial charge in [-0.05, 0) is 43.5 Å². The third-order valence-electron chi connectivity index (χ3n) is 2.48. The van der Waals surface area contributed by atoms with Crippen LogP contribution in [0.1, 0.15) is 35.2 Å². The summed E-state index contributed by atoms with van der Waals surface area (Å²) in [4.78, 5) is 11.5. The normalized spacial score (nSPS) is 11.1. The molecule has 1 aromatic carbocycles. The maximum Gasteiger partial charge on any atom is 0.416 e. The summed E-state index contributed by atoms with van der Waals surface area (Å²) in [6, 6.07) is 3.98. The minimum atomic E-state index is -4.40. The van der Waals surface area contributed by atoms with Crippen molar-refractivity contribution in [2.75, 3.05) is 6.61 Å². The first-order valence-corrected chi connectivity index (χ1v) is 5.90. The van der Waals surface area contributed by atoms with Crippen LogP contribution in [-0.4, -0.2) is 12.6 Å². The average molecular weight is 272 g/mol. The molecule has 5 heteroatoms. The molecule has 0 saturated heterocycles. The lowest BCUT2D eigenvalue weighted by Crippen LogP contribution is -2.08. The van der Waals surface area contributed by atoms with Crippen molar-refractivity contribution in [2.24, 2.45) is 0 Å². The molecule has 1 rings (SSSR count). The summed E-state index contributed by atoms with van der Waals surface area (Å²) in [6.07, 6.45) is -0.204. The highest BCUT2D eigenvalue weighted by Crippen LogP contribution is 2.29. The van der Waals surface area contributed by atoms with E-state index in [2.05, 4.69) is 6.58 Å². The van der Waals surface area contributed by atoms with Crippen molar-refractivity contribution in [3.05, 3.63) is 48.0 Å². The van der Waals surface area contributed by atoms with Gasteiger partial charge in [0.15, 0.2) is 0 Å². The number of hydrogen-bond acceptors (Lipinski definition) is 2. The van der Waals surface area contributed by atoms with E-state index < -0.39 is 17.7 Å². The van der Waals surface area contributed by atoms with E-state index in [0.29, 0.717) is 6.42 Å². The number of halogens is 3. The number of esters is 1. The van der Waals surface area contributed by atoms with Crippen LogP contribution >= 0.6 is 0 Å². The fourth-order valence-electron chi connectivity index (χ4n) is 1.43. The van der Waals surface area contributed by atoms with Crippen molar-refractivity contribution in [1.29, 1.82) is 0 Å². The van der Waals surface area contributed by atoms with Crippen LogP contribution in [0.4, 0.5) is 13.2 Å². The molecule has 104 valence electrons. The Morgan fingerprint density at radius 3 is 2.37 bits per heavy atom. The zero-order valence-electron chi connectivity index (χ0n) is 10.4. The zero-order chi connectivity index (χ0) is 14.3. The van der Waals surface area contributed by atoms with E-state index in [1.165, 1.54) is 0 Å². The van der Waals surface area contributed by atoms with Gasteiger partial charge in [0, 0.05) is 0 Å². The van der Waals surface area contributed by atoms with E-state index >= 15 is 0 Å². The lowest BCUT2D eigenvalue weighted by molar-refractivity contribution is -0.137. The van der Waals surface area contributed by atoms with Gasteiger partial charge < -0.3 is 4.74 Å². The van der Waals surface area contributed by atoms with Gasteiger partial charge in [-0.2, -0.15) is 13.2 Å². The number of hydrogen-bond donors (Lipinski definition) is 0. The van der Waals surface area contributed by atoms with E-state index in [-0.39, 0.29) is 12.2 Å². The summed E-state index contributed by atoms with van der Waals surface area (Å²) in [7, 11) is 0. The van der Waals surface area contributed by atoms with Crippen LogP contribution in [0.5, 0.6) is 0 Å². The molecule has 0 aliphatic heterocycles. The largest absolute Gasteiger partial charge is 0.462 e. The molecule has 0 fully saturated rings. The molecule has 0 atom stereocenters. The minimum Gasteiger partial charge on any atom is -0.462 e. The predicted molar refractivity (Wildman–Crippen MR) is 65.8 cm³/mol. The molecule has 0 N–H and O–H groups in total. The van der Waals surface area contributed by atoms with Crippen molar-refractivity contribution in [1.82, 2.24) is 0 Å². The maximum atomic E-state index is 12.3. The fraction of sp³-hybridized carbons (Fsp3) is 0.357. The zero-order valence-corrected chi connectivity index (χ0v) is 10.4. The lowest BCUT2D eigenvalue weighted by Gasteiger charge is -2.07. The summed E-state index contributed by atoms with van der Waals surface area (Å²) in [5.41, 5.74) is -0.660. The third-order valence-corrected chi connectivity index (χ3v) is 2.48. The van der Waals surface area contributed by atoms with Crippen molar-refractivity contribution in [3.8, 4) is 0 Å². The smallest absolute Gasteiger partial charge is 0.416 e. The van der Waals surface area contributed by atoms with Gasteiger partial charge in [0.05, 0.1) is 17.7 Å². The molecule has 0 spiro atoms. The van der Waals surface area contributed by atoms with Crippen LogP contribution in [0.3, 0.4) is 0 Å². The molecule has 0 heterocycles. The molecule has 0 amide bonds. The summed E-state index contributed by atoms with van der Waals surface area (Å²) in [5, 5.41) is 0. The Hall–Kier alpha value is -1.78. The van der Waals surface area contributed by atoms with E-state index in [1.54, 1.807) is 6.08 Å². The van der Waals surface area contributed by atoms with Crippen molar-refractivity contribution < 1.29 is 22.7 Å². The SMILES string of the molecule is C=CCCCCOC(=O)c1ccc(C(F)(F)F)cc1. The first-order chi connectivity index (χ1) is 8.95. The molecular weight excluding hydrogens is 257 g/mol. The molecule has 0 aliphatic carbocycles. The van der Waals surface area contributed by atoms with Crippen LogP contribution in [0.2, 0.25) is 0 Å². The molecule has 0 aliphatic rings. The molecule has 1 aromatic rings. The van der Waals surface area contributed by atoms with Crippen molar-refractivity contribution in [2.45, 2.75) is 25.4 Å². The Labute approximate surface area is 109 Å². The van der Waals surface area contributed by atoms with Crippen LogP contribution in [0, 0.1) is 0 Å². The number of carbonyl (C=O) groups is 1. The molecule has 0 radical (unpaired) electrons. The Balaban J connectivity index is 2.47. The van der Waals surface area contributed by atoms with Gasteiger partial charge in [-0.25, -0.2) is 4.79 Å². The number of allylic oxidation sites excluding steroid dienone is 1. The second-order valence-corrected chi connectivity index (χ2v) is 4.00. The van der Waals surface area contributed by atoms with Crippen molar-refractivity contribution in [3.63, 3.8) is 0 Å². The molecule has 19 heavy (non-hydrogen) atoms. The third kappa shape index (κ3) is 5.16. The number of rotatable bonds is 6. The number of benzene rings is 1. The standard InChI is InChI=1S/C14H15F3O2/c1-2-3-4-5-10-19-13(18)11-6-8-12(9-7-11)14(15,16)17/h2,6-9H,1,3-5,10H2. The Bertz CT molecular complexity index is 421. The van der Waals surface area contributed by atoms with Gasteiger partial charge in [0.1, 0.15) is 0 Å². The Morgan fingerprint density at radius 2 is 1.84 bits per heavy atom. The highest BCUT2D eigenvalue weighted by Gasteiger charge is 2.30. The van der Waals surface area contributed by atoms with E-state index in [1.807, 2.05) is 0 Å².